The molecule has 18 heavy (non-hydrogen) atoms. The van der Waals surface area contributed by atoms with Crippen molar-refractivity contribution in [2.75, 3.05) is 24.5 Å². The molecule has 0 amide bonds. The molecule has 2 N–H and O–H groups in total. The van der Waals surface area contributed by atoms with Crippen molar-refractivity contribution in [3.8, 4) is 0 Å². The molecule has 1 fully saturated rings. The maximum atomic E-state index is 14.1. The summed E-state index contributed by atoms with van der Waals surface area (Å²) in [6, 6.07) is 5.53. The van der Waals surface area contributed by atoms with Crippen molar-refractivity contribution in [3.63, 3.8) is 0 Å². The molecule has 0 aromatic heterocycles. The Balaban J connectivity index is 2.17. The third-order valence-corrected chi connectivity index (χ3v) is 3.65. The topological polar surface area (TPSA) is 29.3 Å². The number of nitrogens with two attached hydrogens (primary N) is 1. The first-order chi connectivity index (χ1) is 8.60. The number of nitrogens with zero attached hydrogens (tertiary/aromatic N) is 1. The molecule has 0 spiro atoms. The molecule has 2 rings (SSSR count). The fourth-order valence-corrected chi connectivity index (χ4v) is 2.99. The zero-order chi connectivity index (χ0) is 13.1. The molecule has 2 unspecified atom stereocenters. The molecule has 1 heterocycles. The third kappa shape index (κ3) is 3.02. The fourth-order valence-electron chi connectivity index (χ4n) is 2.99. The molecule has 1 aliphatic heterocycles. The van der Waals surface area contributed by atoms with Crippen LogP contribution in [0, 0.1) is 17.7 Å². The molecule has 1 aliphatic rings. The quantitative estimate of drug-likeness (QED) is 0.894. The predicted molar refractivity (Wildman–Crippen MR) is 74.3 cm³/mol. The first-order valence-corrected chi connectivity index (χ1v) is 6.83. The second-order valence-electron chi connectivity index (χ2n) is 5.68. The zero-order valence-electron chi connectivity index (χ0n) is 11.3. The number of hydrogen-bond acceptors (Lipinski definition) is 2. The molecule has 0 radical (unpaired) electrons. The summed E-state index contributed by atoms with van der Waals surface area (Å²) in [4.78, 5) is 2.18. The van der Waals surface area contributed by atoms with Crippen molar-refractivity contribution in [2.45, 2.75) is 26.7 Å². The van der Waals surface area contributed by atoms with E-state index in [1.807, 2.05) is 12.1 Å². The minimum absolute atomic E-state index is 0.109. The van der Waals surface area contributed by atoms with Crippen LogP contribution in [-0.2, 0) is 6.42 Å². The van der Waals surface area contributed by atoms with E-state index in [-0.39, 0.29) is 5.82 Å². The summed E-state index contributed by atoms with van der Waals surface area (Å²) in [5.74, 6) is 1.16. The number of halogens is 1. The van der Waals surface area contributed by atoms with Crippen molar-refractivity contribution in [3.05, 3.63) is 29.6 Å². The summed E-state index contributed by atoms with van der Waals surface area (Å²) >= 11 is 0. The zero-order valence-corrected chi connectivity index (χ0v) is 11.3. The lowest BCUT2D eigenvalue weighted by atomic mass is 9.91. The Morgan fingerprint density at radius 1 is 1.28 bits per heavy atom. The van der Waals surface area contributed by atoms with E-state index in [4.69, 9.17) is 5.73 Å². The second kappa shape index (κ2) is 5.70. The molecule has 2 nitrogen and oxygen atoms in total. The average molecular weight is 250 g/mol. The predicted octanol–water partition coefficient (Wildman–Crippen LogP) is 2.81. The fraction of sp³-hybridized carbons (Fsp3) is 0.600. The lowest BCUT2D eigenvalue weighted by Gasteiger charge is -2.36. The Labute approximate surface area is 109 Å². The van der Waals surface area contributed by atoms with Crippen molar-refractivity contribution >= 4 is 5.69 Å². The second-order valence-corrected chi connectivity index (χ2v) is 5.68. The number of rotatable bonds is 3. The molecule has 1 saturated heterocycles. The standard InChI is InChI=1S/C15H23FN2/c1-11-7-12(2)10-18(9-11)15-4-3-13(5-6-17)8-14(15)16/h3-4,8,11-12H,5-7,9-10,17H2,1-2H3. The molecule has 0 aliphatic carbocycles. The summed E-state index contributed by atoms with van der Waals surface area (Å²) in [6.45, 7) is 6.96. The van der Waals surface area contributed by atoms with E-state index in [0.717, 1.165) is 30.8 Å². The molecule has 3 heteroatoms. The number of hydrogen-bond donors (Lipinski definition) is 1. The van der Waals surface area contributed by atoms with Crippen LogP contribution in [0.3, 0.4) is 0 Å². The van der Waals surface area contributed by atoms with Gasteiger partial charge in [0.25, 0.3) is 0 Å². The number of piperidine rings is 1. The van der Waals surface area contributed by atoms with Crippen LogP contribution in [0.5, 0.6) is 0 Å². The van der Waals surface area contributed by atoms with Gasteiger partial charge in [0.2, 0.25) is 0 Å². The van der Waals surface area contributed by atoms with Crippen molar-refractivity contribution in [2.24, 2.45) is 17.6 Å². The van der Waals surface area contributed by atoms with Gasteiger partial charge in [0.05, 0.1) is 5.69 Å². The highest BCUT2D eigenvalue weighted by Crippen LogP contribution is 2.28. The summed E-state index contributed by atoms with van der Waals surface area (Å²) in [7, 11) is 0. The van der Waals surface area contributed by atoms with E-state index >= 15 is 0 Å². The Morgan fingerprint density at radius 3 is 2.50 bits per heavy atom. The smallest absolute Gasteiger partial charge is 0.146 e. The average Bonchev–Trinajstić information content (AvgIpc) is 2.28. The van der Waals surface area contributed by atoms with E-state index in [1.54, 1.807) is 6.07 Å². The van der Waals surface area contributed by atoms with Gasteiger partial charge in [-0.05, 0) is 48.9 Å². The maximum Gasteiger partial charge on any atom is 0.146 e. The minimum Gasteiger partial charge on any atom is -0.369 e. The van der Waals surface area contributed by atoms with Crippen molar-refractivity contribution in [1.82, 2.24) is 0 Å². The highest BCUT2D eigenvalue weighted by atomic mass is 19.1. The number of anilines is 1. The van der Waals surface area contributed by atoms with Gasteiger partial charge in [0.15, 0.2) is 0 Å². The number of benzene rings is 1. The lowest BCUT2D eigenvalue weighted by Crippen LogP contribution is -2.39. The van der Waals surface area contributed by atoms with Crippen LogP contribution in [-0.4, -0.2) is 19.6 Å². The van der Waals surface area contributed by atoms with Crippen LogP contribution >= 0.6 is 0 Å². The molecular formula is C15H23FN2. The van der Waals surface area contributed by atoms with Crippen LogP contribution in [0.25, 0.3) is 0 Å². The molecule has 0 bridgehead atoms. The molecule has 1 aromatic rings. The van der Waals surface area contributed by atoms with E-state index < -0.39 is 0 Å². The van der Waals surface area contributed by atoms with Crippen LogP contribution < -0.4 is 10.6 Å². The van der Waals surface area contributed by atoms with Crippen LogP contribution in [0.15, 0.2) is 18.2 Å². The molecule has 2 atom stereocenters. The third-order valence-electron chi connectivity index (χ3n) is 3.65. The van der Waals surface area contributed by atoms with Gasteiger partial charge in [-0.25, -0.2) is 4.39 Å². The Hall–Kier alpha value is -1.09. The highest BCUT2D eigenvalue weighted by molar-refractivity contribution is 5.49. The monoisotopic (exact) mass is 250 g/mol. The Kier molecular flexibility index (Phi) is 4.23. The summed E-state index contributed by atoms with van der Waals surface area (Å²) in [6.07, 6.45) is 1.98. The van der Waals surface area contributed by atoms with Crippen LogP contribution in [0.2, 0.25) is 0 Å². The van der Waals surface area contributed by atoms with Gasteiger partial charge < -0.3 is 10.6 Å². The van der Waals surface area contributed by atoms with Gasteiger partial charge in [0.1, 0.15) is 5.82 Å². The van der Waals surface area contributed by atoms with E-state index in [0.29, 0.717) is 18.4 Å². The summed E-state index contributed by atoms with van der Waals surface area (Å²) in [5, 5.41) is 0. The van der Waals surface area contributed by atoms with Gasteiger partial charge in [-0.3, -0.25) is 0 Å². The first-order valence-electron chi connectivity index (χ1n) is 6.83. The summed E-state index contributed by atoms with van der Waals surface area (Å²) < 4.78 is 14.1. The van der Waals surface area contributed by atoms with Gasteiger partial charge in [-0.2, -0.15) is 0 Å². The van der Waals surface area contributed by atoms with Gasteiger partial charge in [-0.15, -0.1) is 0 Å². The van der Waals surface area contributed by atoms with E-state index in [1.165, 1.54) is 6.42 Å². The van der Waals surface area contributed by atoms with E-state index in [2.05, 4.69) is 18.7 Å². The SMILES string of the molecule is CC1CC(C)CN(c2ccc(CCN)cc2F)C1. The van der Waals surface area contributed by atoms with Crippen LogP contribution in [0.4, 0.5) is 10.1 Å². The minimum atomic E-state index is -0.109. The Bertz CT molecular complexity index is 395. The lowest BCUT2D eigenvalue weighted by molar-refractivity contribution is 0.354. The van der Waals surface area contributed by atoms with Gasteiger partial charge >= 0.3 is 0 Å². The first kappa shape index (κ1) is 13.3. The molecule has 0 saturated carbocycles. The van der Waals surface area contributed by atoms with Crippen molar-refractivity contribution in [1.29, 1.82) is 0 Å². The Morgan fingerprint density at radius 2 is 1.94 bits per heavy atom. The van der Waals surface area contributed by atoms with E-state index in [9.17, 15) is 4.39 Å². The van der Waals surface area contributed by atoms with Crippen LogP contribution in [0.1, 0.15) is 25.8 Å². The maximum absolute atomic E-state index is 14.1. The molecule has 100 valence electrons. The normalized spacial score (nSPS) is 24.3. The van der Waals surface area contributed by atoms with Gasteiger partial charge in [0, 0.05) is 13.1 Å². The summed E-state index contributed by atoms with van der Waals surface area (Å²) in [5.41, 5.74) is 7.22. The highest BCUT2D eigenvalue weighted by Gasteiger charge is 2.23. The van der Waals surface area contributed by atoms with Gasteiger partial charge in [-0.1, -0.05) is 19.9 Å². The molecular weight excluding hydrogens is 227 g/mol. The largest absolute Gasteiger partial charge is 0.369 e. The van der Waals surface area contributed by atoms with Crippen molar-refractivity contribution < 1.29 is 4.39 Å². The molecule has 1 aromatic carbocycles.